The molecule has 0 atom stereocenters. The van der Waals surface area contributed by atoms with Crippen LogP contribution in [-0.4, -0.2) is 17.4 Å². The minimum atomic E-state index is -0.932. The van der Waals surface area contributed by atoms with E-state index in [0.717, 1.165) is 16.8 Å². The topological polar surface area (TPSA) is 68.0 Å². The third-order valence-electron chi connectivity index (χ3n) is 2.66. The first kappa shape index (κ1) is 14.4. The largest absolute Gasteiger partial charge is 0.396 e. The van der Waals surface area contributed by atoms with Gasteiger partial charge in [0.2, 0.25) is 0 Å². The quantitative estimate of drug-likeness (QED) is 0.851. The van der Waals surface area contributed by atoms with Crippen LogP contribution in [0.4, 0.5) is 14.5 Å². The van der Waals surface area contributed by atoms with Crippen LogP contribution in [0.15, 0.2) is 17.5 Å². The molecule has 20 heavy (non-hydrogen) atoms. The molecular formula is C13H13F2N3OS. The summed E-state index contributed by atoms with van der Waals surface area (Å²) in [6.45, 7) is 2.21. The predicted octanol–water partition coefficient (Wildman–Crippen LogP) is 2.28. The zero-order chi connectivity index (χ0) is 14.7. The molecule has 2 aromatic rings. The van der Waals surface area contributed by atoms with Crippen LogP contribution in [0.3, 0.4) is 0 Å². The lowest BCUT2D eigenvalue weighted by atomic mass is 10.1. The number of amides is 1. The number of halogens is 2. The summed E-state index contributed by atoms with van der Waals surface area (Å²) in [6.07, 6.45) is 0.550. The molecule has 1 amide bonds. The van der Waals surface area contributed by atoms with Crippen molar-refractivity contribution in [1.29, 1.82) is 0 Å². The van der Waals surface area contributed by atoms with Crippen molar-refractivity contribution >= 4 is 22.9 Å². The van der Waals surface area contributed by atoms with E-state index in [1.807, 2.05) is 12.3 Å². The number of nitrogens with two attached hydrogens (primary N) is 1. The monoisotopic (exact) mass is 297 g/mol. The van der Waals surface area contributed by atoms with Gasteiger partial charge in [-0.25, -0.2) is 13.8 Å². The molecule has 4 nitrogen and oxygen atoms in total. The van der Waals surface area contributed by atoms with Crippen LogP contribution in [0.5, 0.6) is 0 Å². The van der Waals surface area contributed by atoms with E-state index in [-0.39, 0.29) is 11.3 Å². The molecule has 2 rings (SSSR count). The van der Waals surface area contributed by atoms with Crippen molar-refractivity contribution in [3.63, 3.8) is 0 Å². The molecule has 0 radical (unpaired) electrons. The van der Waals surface area contributed by atoms with Crippen LogP contribution in [-0.2, 0) is 6.42 Å². The number of hydrogen-bond acceptors (Lipinski definition) is 4. The van der Waals surface area contributed by atoms with Crippen molar-refractivity contribution in [1.82, 2.24) is 10.3 Å². The van der Waals surface area contributed by atoms with Gasteiger partial charge in [-0.15, -0.1) is 11.3 Å². The molecule has 3 N–H and O–H groups in total. The Kier molecular flexibility index (Phi) is 4.29. The van der Waals surface area contributed by atoms with E-state index in [4.69, 9.17) is 5.73 Å². The molecule has 0 spiro atoms. The fourth-order valence-electron chi connectivity index (χ4n) is 1.66. The van der Waals surface area contributed by atoms with Crippen molar-refractivity contribution in [3.05, 3.63) is 45.4 Å². The maximum atomic E-state index is 13.5. The van der Waals surface area contributed by atoms with Gasteiger partial charge in [0.25, 0.3) is 5.91 Å². The van der Waals surface area contributed by atoms with Crippen LogP contribution in [0.25, 0.3) is 0 Å². The van der Waals surface area contributed by atoms with E-state index in [9.17, 15) is 13.6 Å². The van der Waals surface area contributed by atoms with Crippen LogP contribution in [0.2, 0.25) is 0 Å². The van der Waals surface area contributed by atoms with Crippen molar-refractivity contribution in [2.75, 3.05) is 12.3 Å². The number of benzene rings is 1. The van der Waals surface area contributed by atoms with E-state index in [1.165, 1.54) is 11.3 Å². The second kappa shape index (κ2) is 5.96. The number of nitrogens with one attached hydrogen (secondary N) is 1. The molecule has 0 bridgehead atoms. The van der Waals surface area contributed by atoms with Crippen molar-refractivity contribution < 1.29 is 13.6 Å². The van der Waals surface area contributed by atoms with Gasteiger partial charge in [-0.1, -0.05) is 0 Å². The van der Waals surface area contributed by atoms with E-state index in [2.05, 4.69) is 10.3 Å². The van der Waals surface area contributed by atoms with Gasteiger partial charge in [0, 0.05) is 24.4 Å². The summed E-state index contributed by atoms with van der Waals surface area (Å²) >= 11 is 1.52. The predicted molar refractivity (Wildman–Crippen MR) is 73.7 cm³/mol. The van der Waals surface area contributed by atoms with E-state index in [0.29, 0.717) is 19.0 Å². The van der Waals surface area contributed by atoms with Crippen LogP contribution in [0, 0.1) is 18.6 Å². The zero-order valence-corrected chi connectivity index (χ0v) is 11.6. The van der Waals surface area contributed by atoms with Crippen molar-refractivity contribution in [2.24, 2.45) is 0 Å². The molecule has 1 heterocycles. The number of nitrogen functional groups attached to an aromatic ring is 1. The molecule has 0 aliphatic carbocycles. The number of hydrogen-bond donors (Lipinski definition) is 2. The van der Waals surface area contributed by atoms with Gasteiger partial charge in [0.05, 0.1) is 22.0 Å². The molecule has 0 saturated heterocycles. The maximum Gasteiger partial charge on any atom is 0.254 e. The molecule has 1 aromatic carbocycles. The third-order valence-corrected chi connectivity index (χ3v) is 3.49. The van der Waals surface area contributed by atoms with Gasteiger partial charge in [0.15, 0.2) is 0 Å². The molecule has 0 aliphatic heterocycles. The minimum absolute atomic E-state index is 0.258. The Morgan fingerprint density at radius 3 is 2.80 bits per heavy atom. The average molecular weight is 297 g/mol. The summed E-state index contributed by atoms with van der Waals surface area (Å²) in [6, 6.07) is 1.60. The maximum absolute atomic E-state index is 13.5. The summed E-state index contributed by atoms with van der Waals surface area (Å²) in [5.74, 6) is -2.43. The Morgan fingerprint density at radius 1 is 1.40 bits per heavy atom. The molecule has 1 aromatic heterocycles. The summed E-state index contributed by atoms with van der Waals surface area (Å²) in [5, 5.41) is 5.40. The Morgan fingerprint density at radius 2 is 2.15 bits per heavy atom. The van der Waals surface area contributed by atoms with Gasteiger partial charge >= 0.3 is 0 Å². The van der Waals surface area contributed by atoms with E-state index < -0.39 is 17.5 Å². The second-order valence-corrected chi connectivity index (χ2v) is 5.28. The first-order valence-corrected chi connectivity index (χ1v) is 6.79. The highest BCUT2D eigenvalue weighted by molar-refractivity contribution is 7.09. The Labute approximate surface area is 118 Å². The minimum Gasteiger partial charge on any atom is -0.396 e. The number of nitrogens with zero attached hydrogens (tertiary/aromatic N) is 1. The van der Waals surface area contributed by atoms with Gasteiger partial charge in [0.1, 0.15) is 11.6 Å². The second-order valence-electron chi connectivity index (χ2n) is 4.22. The molecule has 0 aliphatic rings. The number of carbonyl (C=O) groups excluding carboxylic acids is 1. The van der Waals surface area contributed by atoms with Crippen LogP contribution >= 0.6 is 11.3 Å². The Balaban J connectivity index is 1.97. The van der Waals surface area contributed by atoms with Crippen LogP contribution in [0.1, 0.15) is 21.1 Å². The molecule has 7 heteroatoms. The zero-order valence-electron chi connectivity index (χ0n) is 10.7. The number of thiazole rings is 1. The van der Waals surface area contributed by atoms with Gasteiger partial charge in [-0.05, 0) is 13.0 Å². The summed E-state index contributed by atoms with van der Waals surface area (Å²) in [4.78, 5) is 16.0. The fraction of sp³-hybridized carbons (Fsp3) is 0.231. The first-order valence-electron chi connectivity index (χ1n) is 5.91. The average Bonchev–Trinajstić information content (AvgIpc) is 2.79. The lowest BCUT2D eigenvalue weighted by Crippen LogP contribution is -2.27. The number of carbonyl (C=O) groups is 1. The molecule has 0 saturated carbocycles. The van der Waals surface area contributed by atoms with E-state index >= 15 is 0 Å². The summed E-state index contributed by atoms with van der Waals surface area (Å²) < 4.78 is 26.5. The highest BCUT2D eigenvalue weighted by Crippen LogP contribution is 2.16. The standard InChI is InChI=1S/C13H13F2N3OS/c1-7-18-8(6-20-7)2-3-17-13(19)9-4-12(16)11(15)5-10(9)14/h4-6H,2-3,16H2,1H3,(H,17,19). The van der Waals surface area contributed by atoms with E-state index in [1.54, 1.807) is 0 Å². The Hall–Kier alpha value is -2.02. The van der Waals surface area contributed by atoms with Gasteiger partial charge < -0.3 is 11.1 Å². The summed E-state index contributed by atoms with van der Waals surface area (Å²) in [5.41, 5.74) is 5.66. The third kappa shape index (κ3) is 3.30. The number of aryl methyl sites for hydroxylation is 1. The fourth-order valence-corrected chi connectivity index (χ4v) is 2.31. The van der Waals surface area contributed by atoms with Gasteiger partial charge in [-0.3, -0.25) is 4.79 Å². The summed E-state index contributed by atoms with van der Waals surface area (Å²) in [7, 11) is 0. The number of rotatable bonds is 4. The molecule has 106 valence electrons. The first-order chi connectivity index (χ1) is 9.47. The molecule has 0 fully saturated rings. The normalized spacial score (nSPS) is 10.6. The van der Waals surface area contributed by atoms with Crippen LogP contribution < -0.4 is 11.1 Å². The van der Waals surface area contributed by atoms with Crippen molar-refractivity contribution in [2.45, 2.75) is 13.3 Å². The Bertz CT molecular complexity index is 643. The highest BCUT2D eigenvalue weighted by atomic mass is 32.1. The molecular weight excluding hydrogens is 284 g/mol. The lowest BCUT2D eigenvalue weighted by Gasteiger charge is -2.06. The van der Waals surface area contributed by atoms with Crippen molar-refractivity contribution in [3.8, 4) is 0 Å². The number of aromatic nitrogens is 1. The molecule has 0 unspecified atom stereocenters. The smallest absolute Gasteiger partial charge is 0.254 e. The number of anilines is 1. The lowest BCUT2D eigenvalue weighted by molar-refractivity contribution is 0.0950. The highest BCUT2D eigenvalue weighted by Gasteiger charge is 2.14. The van der Waals surface area contributed by atoms with Gasteiger partial charge in [-0.2, -0.15) is 0 Å². The SMILES string of the molecule is Cc1nc(CCNC(=O)c2cc(N)c(F)cc2F)cs1.